The Morgan fingerprint density at radius 3 is 3.00 bits per heavy atom. The fourth-order valence-electron chi connectivity index (χ4n) is 0.510. The molecule has 1 aromatic rings. The number of nitrogens with two attached hydrogens (primary N) is 1. The first-order valence-electron chi connectivity index (χ1n) is 2.89. The smallest absolute Gasteiger partial charge is 0.269 e. The Hall–Kier alpha value is -1.34. The van der Waals surface area contributed by atoms with Crippen LogP contribution >= 0.6 is 0 Å². The monoisotopic (exact) mass is 157 g/mol. The molecule has 0 saturated heterocycles. The lowest BCUT2D eigenvalue weighted by atomic mass is 10.3. The number of rotatable bonds is 2. The van der Waals surface area contributed by atoms with Crippen LogP contribution in [0.2, 0.25) is 0 Å². The standard InChI is InChI=1S/C4H7N5O2/c5-3(1-10)4(11)9-2-6-7-8-9/h2-3,10H,1,5H2. The number of hydrogen-bond acceptors (Lipinski definition) is 6. The first-order valence-corrected chi connectivity index (χ1v) is 2.89. The second kappa shape index (κ2) is 3.17. The van der Waals surface area contributed by atoms with Gasteiger partial charge in [-0.15, -0.1) is 5.10 Å². The van der Waals surface area contributed by atoms with E-state index in [1.165, 1.54) is 0 Å². The van der Waals surface area contributed by atoms with Crippen molar-refractivity contribution in [2.75, 3.05) is 6.61 Å². The molecule has 0 radical (unpaired) electrons. The number of aliphatic hydroxyl groups is 1. The summed E-state index contributed by atoms with van der Waals surface area (Å²) < 4.78 is 0.876. The third-order valence-electron chi connectivity index (χ3n) is 1.09. The Kier molecular flexibility index (Phi) is 2.24. The summed E-state index contributed by atoms with van der Waals surface area (Å²) in [6.45, 7) is -0.418. The molecule has 1 aromatic heterocycles. The van der Waals surface area contributed by atoms with Gasteiger partial charge in [-0.3, -0.25) is 4.79 Å². The Morgan fingerprint density at radius 1 is 1.82 bits per heavy atom. The van der Waals surface area contributed by atoms with Gasteiger partial charge < -0.3 is 10.8 Å². The lowest BCUT2D eigenvalue weighted by molar-refractivity contribution is 0.0823. The van der Waals surface area contributed by atoms with Crippen LogP contribution in [-0.4, -0.2) is 43.9 Å². The molecule has 7 nitrogen and oxygen atoms in total. The largest absolute Gasteiger partial charge is 0.394 e. The van der Waals surface area contributed by atoms with Crippen LogP contribution in [0.4, 0.5) is 0 Å². The second-order valence-corrected chi connectivity index (χ2v) is 1.88. The zero-order chi connectivity index (χ0) is 8.27. The maximum atomic E-state index is 11.0. The normalized spacial score (nSPS) is 12.9. The average Bonchev–Trinajstić information content (AvgIpc) is 2.53. The van der Waals surface area contributed by atoms with Gasteiger partial charge in [0.05, 0.1) is 6.61 Å². The van der Waals surface area contributed by atoms with Gasteiger partial charge in [0.2, 0.25) is 0 Å². The SMILES string of the molecule is NC(CO)C(=O)n1cnnn1. The highest BCUT2D eigenvalue weighted by atomic mass is 16.3. The van der Waals surface area contributed by atoms with E-state index in [0.29, 0.717) is 0 Å². The number of aromatic nitrogens is 4. The molecular formula is C4H7N5O2. The lowest BCUT2D eigenvalue weighted by Gasteiger charge is -2.03. The van der Waals surface area contributed by atoms with E-state index in [-0.39, 0.29) is 0 Å². The van der Waals surface area contributed by atoms with Crippen molar-refractivity contribution in [3.8, 4) is 0 Å². The van der Waals surface area contributed by atoms with Crippen LogP contribution in [0.15, 0.2) is 6.33 Å². The van der Waals surface area contributed by atoms with Crippen LogP contribution < -0.4 is 5.73 Å². The van der Waals surface area contributed by atoms with Crippen molar-refractivity contribution in [2.45, 2.75) is 6.04 Å². The van der Waals surface area contributed by atoms with Crippen LogP contribution in [0.3, 0.4) is 0 Å². The van der Waals surface area contributed by atoms with Gasteiger partial charge in [-0.05, 0) is 10.4 Å². The molecule has 11 heavy (non-hydrogen) atoms. The molecule has 1 unspecified atom stereocenters. The highest BCUT2D eigenvalue weighted by Gasteiger charge is 2.14. The lowest BCUT2D eigenvalue weighted by Crippen LogP contribution is -2.38. The molecule has 0 aromatic carbocycles. The predicted octanol–water partition coefficient (Wildman–Crippen LogP) is -2.37. The van der Waals surface area contributed by atoms with Crippen molar-refractivity contribution in [3.05, 3.63) is 6.33 Å². The van der Waals surface area contributed by atoms with Gasteiger partial charge in [-0.25, -0.2) is 0 Å². The van der Waals surface area contributed by atoms with Gasteiger partial charge in [-0.1, -0.05) is 0 Å². The number of carbonyl (C=O) groups excluding carboxylic acids is 1. The van der Waals surface area contributed by atoms with E-state index in [9.17, 15) is 4.79 Å². The summed E-state index contributed by atoms with van der Waals surface area (Å²) in [5.74, 6) is -0.530. The van der Waals surface area contributed by atoms with E-state index in [4.69, 9.17) is 10.8 Å². The van der Waals surface area contributed by atoms with E-state index in [1.807, 2.05) is 0 Å². The maximum absolute atomic E-state index is 11.0. The van der Waals surface area contributed by atoms with Gasteiger partial charge >= 0.3 is 0 Å². The molecular weight excluding hydrogens is 150 g/mol. The molecule has 3 N–H and O–H groups in total. The Morgan fingerprint density at radius 2 is 2.55 bits per heavy atom. The highest BCUT2D eigenvalue weighted by Crippen LogP contribution is 1.83. The van der Waals surface area contributed by atoms with E-state index >= 15 is 0 Å². The Balaban J connectivity index is 2.70. The number of tetrazole rings is 1. The van der Waals surface area contributed by atoms with Crippen molar-refractivity contribution < 1.29 is 9.90 Å². The molecule has 60 valence electrons. The van der Waals surface area contributed by atoms with Gasteiger partial charge in [0.25, 0.3) is 5.91 Å². The van der Waals surface area contributed by atoms with Crippen LogP contribution in [0.25, 0.3) is 0 Å². The van der Waals surface area contributed by atoms with Gasteiger partial charge in [0.15, 0.2) is 0 Å². The number of aliphatic hydroxyl groups excluding tert-OH is 1. The minimum absolute atomic E-state index is 0.418. The predicted molar refractivity (Wildman–Crippen MR) is 33.5 cm³/mol. The molecule has 0 saturated carbocycles. The van der Waals surface area contributed by atoms with Crippen molar-refractivity contribution >= 4 is 5.91 Å². The zero-order valence-electron chi connectivity index (χ0n) is 5.58. The summed E-state index contributed by atoms with van der Waals surface area (Å²) in [4.78, 5) is 11.0. The van der Waals surface area contributed by atoms with E-state index in [0.717, 1.165) is 11.0 Å². The Labute approximate surface area is 61.8 Å². The highest BCUT2D eigenvalue weighted by molar-refractivity contribution is 5.82. The third-order valence-corrected chi connectivity index (χ3v) is 1.09. The summed E-state index contributed by atoms with van der Waals surface area (Å²) in [5, 5.41) is 18.2. The average molecular weight is 157 g/mol. The topological polar surface area (TPSA) is 107 Å². The third kappa shape index (κ3) is 1.57. The number of carbonyl (C=O) groups is 1. The summed E-state index contributed by atoms with van der Waals surface area (Å²) in [7, 11) is 0. The first-order chi connectivity index (χ1) is 5.25. The van der Waals surface area contributed by atoms with E-state index in [1.54, 1.807) is 0 Å². The fraction of sp³-hybridized carbons (Fsp3) is 0.500. The summed E-state index contributed by atoms with van der Waals surface area (Å²) in [5.41, 5.74) is 5.19. The van der Waals surface area contributed by atoms with Crippen molar-refractivity contribution in [1.82, 2.24) is 20.2 Å². The van der Waals surface area contributed by atoms with Crippen LogP contribution in [0, 0.1) is 0 Å². The van der Waals surface area contributed by atoms with Gasteiger partial charge in [0, 0.05) is 0 Å². The molecule has 7 heteroatoms. The number of nitrogens with zero attached hydrogens (tertiary/aromatic N) is 4. The molecule has 0 aliphatic carbocycles. The molecule has 0 bridgehead atoms. The summed E-state index contributed by atoms with van der Waals surface area (Å²) in [6.07, 6.45) is 1.12. The Bertz CT molecular complexity index is 233. The van der Waals surface area contributed by atoms with Crippen molar-refractivity contribution in [3.63, 3.8) is 0 Å². The molecule has 0 spiro atoms. The molecule has 0 fully saturated rings. The van der Waals surface area contributed by atoms with Crippen LogP contribution in [0.5, 0.6) is 0 Å². The summed E-state index contributed by atoms with van der Waals surface area (Å²) in [6, 6.07) is -0.960. The van der Waals surface area contributed by atoms with E-state index < -0.39 is 18.6 Å². The quantitative estimate of drug-likeness (QED) is 0.465. The van der Waals surface area contributed by atoms with Crippen molar-refractivity contribution in [2.24, 2.45) is 5.73 Å². The fourth-order valence-corrected chi connectivity index (χ4v) is 0.510. The summed E-state index contributed by atoms with van der Waals surface area (Å²) >= 11 is 0. The maximum Gasteiger partial charge on any atom is 0.269 e. The molecule has 1 rings (SSSR count). The first kappa shape index (κ1) is 7.76. The van der Waals surface area contributed by atoms with Gasteiger partial charge in [0.1, 0.15) is 12.4 Å². The molecule has 1 atom stereocenters. The van der Waals surface area contributed by atoms with Crippen molar-refractivity contribution in [1.29, 1.82) is 0 Å². The number of hydrogen-bond donors (Lipinski definition) is 2. The minimum atomic E-state index is -0.960. The van der Waals surface area contributed by atoms with Gasteiger partial charge in [-0.2, -0.15) is 4.68 Å². The minimum Gasteiger partial charge on any atom is -0.394 e. The van der Waals surface area contributed by atoms with E-state index in [2.05, 4.69) is 15.5 Å². The van der Waals surface area contributed by atoms with Crippen LogP contribution in [-0.2, 0) is 0 Å². The zero-order valence-corrected chi connectivity index (χ0v) is 5.58. The molecule has 0 aliphatic heterocycles. The molecule has 1 heterocycles. The molecule has 0 amide bonds. The van der Waals surface area contributed by atoms with Crippen LogP contribution in [0.1, 0.15) is 4.79 Å². The molecule has 0 aliphatic rings. The second-order valence-electron chi connectivity index (χ2n) is 1.88.